The van der Waals surface area contributed by atoms with E-state index in [0.717, 1.165) is 37.1 Å². The van der Waals surface area contributed by atoms with Gasteiger partial charge in [-0.05, 0) is 38.3 Å². The largest absolute Gasteiger partial charge is 0.338 e. The van der Waals surface area contributed by atoms with Crippen LogP contribution in [0.1, 0.15) is 31.7 Å². The van der Waals surface area contributed by atoms with E-state index in [2.05, 4.69) is 12.2 Å². The number of nitrogens with zero attached hydrogens (tertiary/aromatic N) is 2. The van der Waals surface area contributed by atoms with Gasteiger partial charge in [0.15, 0.2) is 0 Å². The maximum atomic E-state index is 12.6. The SMILES string of the molecule is CCCN1C(=O)[C@@H]2CC[C@H]1CN(C(=O)Nc1ccc(C)cc1)C2. The van der Waals surface area contributed by atoms with Crippen molar-refractivity contribution in [2.24, 2.45) is 5.92 Å². The van der Waals surface area contributed by atoms with Gasteiger partial charge in [-0.15, -0.1) is 0 Å². The number of carbonyl (C=O) groups excluding carboxylic acids is 2. The van der Waals surface area contributed by atoms with E-state index < -0.39 is 0 Å². The molecule has 0 saturated carbocycles. The lowest BCUT2D eigenvalue weighted by molar-refractivity contribution is -0.139. The van der Waals surface area contributed by atoms with Crippen LogP contribution in [0.5, 0.6) is 0 Å². The van der Waals surface area contributed by atoms with Gasteiger partial charge < -0.3 is 15.1 Å². The molecule has 0 aromatic heterocycles. The van der Waals surface area contributed by atoms with Gasteiger partial charge in [0.05, 0.1) is 5.92 Å². The van der Waals surface area contributed by atoms with Crippen molar-refractivity contribution < 1.29 is 9.59 Å². The summed E-state index contributed by atoms with van der Waals surface area (Å²) in [5.74, 6) is 0.192. The highest BCUT2D eigenvalue weighted by Crippen LogP contribution is 2.29. The van der Waals surface area contributed by atoms with Crippen molar-refractivity contribution in [3.8, 4) is 0 Å². The number of piperidine rings is 1. The highest BCUT2D eigenvalue weighted by atomic mass is 16.2. The first-order valence-electron chi connectivity index (χ1n) is 8.51. The van der Waals surface area contributed by atoms with Gasteiger partial charge in [0.25, 0.3) is 0 Å². The quantitative estimate of drug-likeness (QED) is 0.932. The van der Waals surface area contributed by atoms with Crippen LogP contribution in [-0.2, 0) is 4.79 Å². The smallest absolute Gasteiger partial charge is 0.321 e. The van der Waals surface area contributed by atoms with Crippen molar-refractivity contribution in [2.75, 3.05) is 25.0 Å². The predicted octanol–water partition coefficient (Wildman–Crippen LogP) is 2.86. The third-order valence-corrected chi connectivity index (χ3v) is 4.85. The summed E-state index contributed by atoms with van der Waals surface area (Å²) in [6.45, 7) is 6.08. The standard InChI is InChI=1S/C18H25N3O2/c1-3-10-21-16-9-6-14(17(21)22)11-20(12-16)18(23)19-15-7-4-13(2)5-8-15/h4-5,7-8,14,16H,3,6,9-12H2,1-2H3,(H,19,23)/t14-,16+/m1/s1. The molecule has 4 rings (SSSR count). The van der Waals surface area contributed by atoms with E-state index in [9.17, 15) is 9.59 Å². The number of aryl methyl sites for hydroxylation is 1. The molecule has 1 aromatic carbocycles. The maximum absolute atomic E-state index is 12.6. The van der Waals surface area contributed by atoms with Gasteiger partial charge >= 0.3 is 6.03 Å². The average molecular weight is 315 g/mol. The van der Waals surface area contributed by atoms with E-state index >= 15 is 0 Å². The van der Waals surface area contributed by atoms with Crippen LogP contribution in [0.4, 0.5) is 10.5 Å². The first-order valence-corrected chi connectivity index (χ1v) is 8.51. The molecule has 3 fully saturated rings. The number of fused-ring (bicyclic) bond motifs is 4. The van der Waals surface area contributed by atoms with Gasteiger partial charge in [0.2, 0.25) is 5.91 Å². The number of carbonyl (C=O) groups is 2. The predicted molar refractivity (Wildman–Crippen MR) is 90.3 cm³/mol. The Labute approximate surface area is 137 Å². The Kier molecular flexibility index (Phi) is 4.55. The summed E-state index contributed by atoms with van der Waals surface area (Å²) >= 11 is 0. The molecule has 3 amide bonds. The van der Waals surface area contributed by atoms with E-state index in [1.807, 2.05) is 41.0 Å². The summed E-state index contributed by atoms with van der Waals surface area (Å²) in [5, 5.41) is 2.95. The average Bonchev–Trinajstić information content (AvgIpc) is 2.83. The van der Waals surface area contributed by atoms with Gasteiger partial charge in [-0.2, -0.15) is 0 Å². The van der Waals surface area contributed by atoms with Crippen molar-refractivity contribution in [3.63, 3.8) is 0 Å². The summed E-state index contributed by atoms with van der Waals surface area (Å²) in [5.41, 5.74) is 1.96. The van der Waals surface area contributed by atoms with Crippen LogP contribution < -0.4 is 5.32 Å². The van der Waals surface area contributed by atoms with Crippen LogP contribution in [-0.4, -0.2) is 47.4 Å². The lowest BCUT2D eigenvalue weighted by atomic mass is 9.94. The molecule has 5 nitrogen and oxygen atoms in total. The zero-order chi connectivity index (χ0) is 16.4. The third-order valence-electron chi connectivity index (χ3n) is 4.85. The highest BCUT2D eigenvalue weighted by molar-refractivity contribution is 5.90. The van der Waals surface area contributed by atoms with E-state index in [-0.39, 0.29) is 23.9 Å². The van der Waals surface area contributed by atoms with Crippen molar-refractivity contribution in [2.45, 2.75) is 39.2 Å². The molecule has 0 aliphatic carbocycles. The third kappa shape index (κ3) is 3.33. The van der Waals surface area contributed by atoms with E-state index in [1.54, 1.807) is 0 Å². The van der Waals surface area contributed by atoms with Gasteiger partial charge in [-0.3, -0.25) is 4.79 Å². The Morgan fingerprint density at radius 2 is 1.96 bits per heavy atom. The van der Waals surface area contributed by atoms with Crippen molar-refractivity contribution >= 4 is 17.6 Å². The molecule has 0 spiro atoms. The number of rotatable bonds is 3. The molecule has 5 heteroatoms. The first kappa shape index (κ1) is 15.8. The number of anilines is 1. The van der Waals surface area contributed by atoms with E-state index in [1.165, 1.54) is 0 Å². The summed E-state index contributed by atoms with van der Waals surface area (Å²) < 4.78 is 0. The number of hydrogen-bond donors (Lipinski definition) is 1. The molecule has 0 radical (unpaired) electrons. The lowest BCUT2D eigenvalue weighted by Gasteiger charge is -2.35. The topological polar surface area (TPSA) is 52.7 Å². The van der Waals surface area contributed by atoms with Crippen LogP contribution in [0.25, 0.3) is 0 Å². The zero-order valence-electron chi connectivity index (χ0n) is 13.9. The molecule has 3 aliphatic rings. The Balaban J connectivity index is 1.70. The minimum atomic E-state index is -0.100. The van der Waals surface area contributed by atoms with Crippen LogP contribution in [0.2, 0.25) is 0 Å². The van der Waals surface area contributed by atoms with Crippen molar-refractivity contribution in [1.82, 2.24) is 9.80 Å². The number of nitrogens with one attached hydrogen (secondary N) is 1. The monoisotopic (exact) mass is 315 g/mol. The van der Waals surface area contributed by atoms with Crippen LogP contribution >= 0.6 is 0 Å². The van der Waals surface area contributed by atoms with Crippen molar-refractivity contribution in [1.29, 1.82) is 0 Å². The van der Waals surface area contributed by atoms with Crippen LogP contribution in [0.15, 0.2) is 24.3 Å². The summed E-state index contributed by atoms with van der Waals surface area (Å²) in [6.07, 6.45) is 2.87. The minimum Gasteiger partial charge on any atom is -0.338 e. The highest BCUT2D eigenvalue weighted by Gasteiger charge is 2.41. The molecule has 3 aliphatic heterocycles. The number of hydrogen-bond acceptors (Lipinski definition) is 2. The van der Waals surface area contributed by atoms with E-state index in [4.69, 9.17) is 0 Å². The lowest BCUT2D eigenvalue weighted by Crippen LogP contribution is -2.48. The Hall–Kier alpha value is -2.04. The van der Waals surface area contributed by atoms with Crippen molar-refractivity contribution in [3.05, 3.63) is 29.8 Å². The molecule has 23 heavy (non-hydrogen) atoms. The molecule has 0 unspecified atom stereocenters. The summed E-state index contributed by atoms with van der Waals surface area (Å²) in [7, 11) is 0. The van der Waals surface area contributed by atoms with Gasteiger partial charge in [0.1, 0.15) is 0 Å². The van der Waals surface area contributed by atoms with Gasteiger partial charge in [-0.25, -0.2) is 4.79 Å². The second-order valence-corrected chi connectivity index (χ2v) is 6.66. The molecular weight excluding hydrogens is 290 g/mol. The van der Waals surface area contributed by atoms with Gasteiger partial charge in [-0.1, -0.05) is 24.6 Å². The number of benzene rings is 1. The molecular formula is C18H25N3O2. The molecule has 3 heterocycles. The zero-order valence-corrected chi connectivity index (χ0v) is 13.9. The Morgan fingerprint density at radius 3 is 2.65 bits per heavy atom. The Morgan fingerprint density at radius 1 is 1.22 bits per heavy atom. The Bertz CT molecular complexity index is 584. The second kappa shape index (κ2) is 6.60. The first-order chi connectivity index (χ1) is 11.1. The molecule has 124 valence electrons. The molecule has 3 saturated heterocycles. The summed E-state index contributed by atoms with van der Waals surface area (Å²) in [4.78, 5) is 28.9. The van der Waals surface area contributed by atoms with E-state index in [0.29, 0.717) is 13.1 Å². The normalized spacial score (nSPS) is 23.8. The fraction of sp³-hybridized carbons (Fsp3) is 0.556. The number of urea groups is 1. The second-order valence-electron chi connectivity index (χ2n) is 6.66. The molecule has 2 bridgehead atoms. The number of amides is 3. The molecule has 1 aromatic rings. The summed E-state index contributed by atoms with van der Waals surface area (Å²) in [6, 6.07) is 7.85. The maximum Gasteiger partial charge on any atom is 0.321 e. The molecule has 2 atom stereocenters. The van der Waals surface area contributed by atoms with Crippen LogP contribution in [0, 0.1) is 12.8 Å². The minimum absolute atomic E-state index is 0.0379. The van der Waals surface area contributed by atoms with Gasteiger partial charge in [0, 0.05) is 31.4 Å². The fourth-order valence-corrected chi connectivity index (χ4v) is 3.58. The fourth-order valence-electron chi connectivity index (χ4n) is 3.58. The van der Waals surface area contributed by atoms with Crippen LogP contribution in [0.3, 0.4) is 0 Å². The molecule has 1 N–H and O–H groups in total.